The van der Waals surface area contributed by atoms with E-state index in [9.17, 15) is 18.0 Å². The molecular formula is C24H35F3N8O3. The van der Waals surface area contributed by atoms with E-state index >= 15 is 0 Å². The standard InChI is InChI=1S/C24H35F3N8O3/c1-18-20(17-35(32-18)8-3-6-33-9-13-38-14-10-33)30-23-29-16-19(24(25,26)27)22(31-23)28-5-2-7-34-11-15-37-12-4-21(34)36/h16-17H,2-15H2,1H3,(H2,28,29,30,31). The highest BCUT2D eigenvalue weighted by Gasteiger charge is 2.35. The Hall–Kier alpha value is -2.97. The van der Waals surface area contributed by atoms with Gasteiger partial charge in [0, 0.05) is 58.2 Å². The maximum atomic E-state index is 13.6. The Kier molecular flexibility index (Phi) is 9.74. The monoisotopic (exact) mass is 540 g/mol. The molecular weight excluding hydrogens is 505 g/mol. The van der Waals surface area contributed by atoms with Crippen molar-refractivity contribution in [2.75, 3.05) is 76.3 Å². The zero-order chi connectivity index (χ0) is 27.0. The number of anilines is 3. The first-order chi connectivity index (χ1) is 18.3. The van der Waals surface area contributed by atoms with E-state index in [1.54, 1.807) is 4.90 Å². The minimum Gasteiger partial charge on any atom is -0.379 e. The van der Waals surface area contributed by atoms with Crippen LogP contribution in [0.2, 0.25) is 0 Å². The second-order valence-corrected chi connectivity index (χ2v) is 9.30. The molecule has 0 radical (unpaired) electrons. The SMILES string of the molecule is Cc1nn(CCCN2CCOCC2)cc1Nc1ncc(C(F)(F)F)c(NCCCN2CCOCCC2=O)n1. The van der Waals surface area contributed by atoms with Gasteiger partial charge in [0.15, 0.2) is 0 Å². The lowest BCUT2D eigenvalue weighted by atomic mass is 10.3. The minimum absolute atomic E-state index is 0.0102. The number of hydrogen-bond donors (Lipinski definition) is 2. The lowest BCUT2D eigenvalue weighted by molar-refractivity contribution is -0.137. The number of carbonyl (C=O) groups excluding carboxylic acids is 1. The Morgan fingerprint density at radius 3 is 2.58 bits per heavy atom. The van der Waals surface area contributed by atoms with Gasteiger partial charge in [0.1, 0.15) is 11.4 Å². The Bertz CT molecular complexity index is 1060. The molecule has 0 aliphatic carbocycles. The van der Waals surface area contributed by atoms with Crippen LogP contribution in [0.4, 0.5) is 30.6 Å². The Morgan fingerprint density at radius 2 is 1.79 bits per heavy atom. The molecule has 0 aromatic carbocycles. The predicted molar refractivity (Wildman–Crippen MR) is 134 cm³/mol. The number of aromatic nitrogens is 4. The second-order valence-electron chi connectivity index (χ2n) is 9.30. The van der Waals surface area contributed by atoms with E-state index in [0.717, 1.165) is 45.5 Å². The number of nitrogens with one attached hydrogen (secondary N) is 2. The summed E-state index contributed by atoms with van der Waals surface area (Å²) in [5, 5.41) is 10.3. The van der Waals surface area contributed by atoms with E-state index in [0.29, 0.717) is 57.1 Å². The minimum atomic E-state index is -4.61. The summed E-state index contributed by atoms with van der Waals surface area (Å²) in [6.07, 6.45) is -0.329. The van der Waals surface area contributed by atoms with Crippen molar-refractivity contribution in [1.82, 2.24) is 29.5 Å². The van der Waals surface area contributed by atoms with E-state index in [4.69, 9.17) is 9.47 Å². The zero-order valence-electron chi connectivity index (χ0n) is 21.6. The summed E-state index contributed by atoms with van der Waals surface area (Å²) in [6, 6.07) is 0. The molecule has 0 bridgehead atoms. The number of nitrogens with zero attached hydrogens (tertiary/aromatic N) is 6. The van der Waals surface area contributed by atoms with Gasteiger partial charge in [-0.15, -0.1) is 0 Å². The number of hydrogen-bond acceptors (Lipinski definition) is 9. The molecule has 210 valence electrons. The molecule has 0 atom stereocenters. The number of ether oxygens (including phenoxy) is 2. The molecule has 2 aliphatic heterocycles. The van der Waals surface area contributed by atoms with Crippen LogP contribution in [-0.4, -0.2) is 101 Å². The normalized spacial score (nSPS) is 17.5. The number of amides is 1. The van der Waals surface area contributed by atoms with Gasteiger partial charge >= 0.3 is 6.18 Å². The lowest BCUT2D eigenvalue weighted by Gasteiger charge is -2.26. The number of aryl methyl sites for hydroxylation is 2. The fraction of sp³-hybridized carbons (Fsp3) is 0.667. The van der Waals surface area contributed by atoms with Gasteiger partial charge in [0.2, 0.25) is 11.9 Å². The van der Waals surface area contributed by atoms with Gasteiger partial charge in [-0.25, -0.2) is 4.98 Å². The Morgan fingerprint density at radius 1 is 1.03 bits per heavy atom. The smallest absolute Gasteiger partial charge is 0.379 e. The summed E-state index contributed by atoms with van der Waals surface area (Å²) in [7, 11) is 0. The summed E-state index contributed by atoms with van der Waals surface area (Å²) < 4.78 is 53.3. The molecule has 2 aromatic heterocycles. The maximum Gasteiger partial charge on any atom is 0.421 e. The van der Waals surface area contributed by atoms with Crippen molar-refractivity contribution in [2.45, 2.75) is 38.9 Å². The third-order valence-corrected chi connectivity index (χ3v) is 6.47. The lowest BCUT2D eigenvalue weighted by Crippen LogP contribution is -2.37. The quantitative estimate of drug-likeness (QED) is 0.416. The molecule has 38 heavy (non-hydrogen) atoms. The van der Waals surface area contributed by atoms with Crippen molar-refractivity contribution in [1.29, 1.82) is 0 Å². The van der Waals surface area contributed by atoms with Gasteiger partial charge in [0.05, 0.1) is 44.2 Å². The van der Waals surface area contributed by atoms with Crippen LogP contribution in [-0.2, 0) is 27.0 Å². The van der Waals surface area contributed by atoms with Gasteiger partial charge < -0.3 is 25.0 Å². The largest absolute Gasteiger partial charge is 0.421 e. The van der Waals surface area contributed by atoms with Crippen molar-refractivity contribution in [3.05, 3.63) is 23.7 Å². The fourth-order valence-corrected chi connectivity index (χ4v) is 4.37. The van der Waals surface area contributed by atoms with Crippen LogP contribution in [0.1, 0.15) is 30.5 Å². The average molecular weight is 541 g/mol. The van der Waals surface area contributed by atoms with Crippen molar-refractivity contribution >= 4 is 23.4 Å². The van der Waals surface area contributed by atoms with Crippen LogP contribution in [0, 0.1) is 6.92 Å². The molecule has 4 heterocycles. The Balaban J connectivity index is 1.34. The summed E-state index contributed by atoms with van der Waals surface area (Å²) in [6.45, 7) is 8.82. The van der Waals surface area contributed by atoms with Crippen LogP contribution < -0.4 is 10.6 Å². The third-order valence-electron chi connectivity index (χ3n) is 6.47. The molecule has 2 fully saturated rings. The van der Waals surface area contributed by atoms with Gasteiger partial charge in [0.25, 0.3) is 0 Å². The summed E-state index contributed by atoms with van der Waals surface area (Å²) in [4.78, 5) is 24.1. The number of rotatable bonds is 11. The third kappa shape index (κ3) is 8.01. The number of halogens is 3. The van der Waals surface area contributed by atoms with E-state index in [2.05, 4.69) is 30.6 Å². The average Bonchev–Trinajstić information content (AvgIpc) is 3.09. The molecule has 0 spiro atoms. The van der Waals surface area contributed by atoms with Crippen LogP contribution in [0.25, 0.3) is 0 Å². The molecule has 0 unspecified atom stereocenters. The van der Waals surface area contributed by atoms with Gasteiger partial charge in [-0.05, 0) is 19.8 Å². The van der Waals surface area contributed by atoms with Gasteiger partial charge in [-0.2, -0.15) is 23.3 Å². The number of morpholine rings is 1. The molecule has 14 heteroatoms. The summed E-state index contributed by atoms with van der Waals surface area (Å²) >= 11 is 0. The topological polar surface area (TPSA) is 110 Å². The van der Waals surface area contributed by atoms with Crippen LogP contribution in [0.5, 0.6) is 0 Å². The maximum absolute atomic E-state index is 13.6. The molecule has 0 saturated carbocycles. The predicted octanol–water partition coefficient (Wildman–Crippen LogP) is 2.52. The van der Waals surface area contributed by atoms with Gasteiger partial charge in [-0.1, -0.05) is 0 Å². The van der Waals surface area contributed by atoms with Crippen LogP contribution in [0.3, 0.4) is 0 Å². The highest BCUT2D eigenvalue weighted by atomic mass is 19.4. The van der Waals surface area contributed by atoms with E-state index < -0.39 is 11.7 Å². The highest BCUT2D eigenvalue weighted by molar-refractivity contribution is 5.76. The van der Waals surface area contributed by atoms with E-state index in [1.807, 2.05) is 17.8 Å². The second kappa shape index (κ2) is 13.2. The van der Waals surface area contributed by atoms with Gasteiger partial charge in [-0.3, -0.25) is 14.4 Å². The first kappa shape index (κ1) is 28.0. The van der Waals surface area contributed by atoms with E-state index in [1.165, 1.54) is 0 Å². The molecule has 2 aromatic rings. The number of carbonyl (C=O) groups is 1. The van der Waals surface area contributed by atoms with Crippen molar-refractivity contribution in [3.8, 4) is 0 Å². The van der Waals surface area contributed by atoms with E-state index in [-0.39, 0.29) is 24.2 Å². The van der Waals surface area contributed by atoms with Crippen LogP contribution >= 0.6 is 0 Å². The first-order valence-corrected chi connectivity index (χ1v) is 12.9. The molecule has 11 nitrogen and oxygen atoms in total. The zero-order valence-corrected chi connectivity index (χ0v) is 21.6. The van der Waals surface area contributed by atoms with Crippen molar-refractivity contribution in [2.24, 2.45) is 0 Å². The molecule has 2 aliphatic rings. The fourth-order valence-electron chi connectivity index (χ4n) is 4.37. The molecule has 1 amide bonds. The summed E-state index contributed by atoms with van der Waals surface area (Å²) in [5.41, 5.74) is 0.377. The molecule has 2 N–H and O–H groups in total. The van der Waals surface area contributed by atoms with Crippen molar-refractivity contribution < 1.29 is 27.4 Å². The van der Waals surface area contributed by atoms with Crippen LogP contribution in [0.15, 0.2) is 12.4 Å². The first-order valence-electron chi connectivity index (χ1n) is 12.9. The van der Waals surface area contributed by atoms with Crippen molar-refractivity contribution in [3.63, 3.8) is 0 Å². The molecule has 4 rings (SSSR count). The number of alkyl halides is 3. The molecule has 2 saturated heterocycles. The highest BCUT2D eigenvalue weighted by Crippen LogP contribution is 2.34. The summed E-state index contributed by atoms with van der Waals surface area (Å²) in [5.74, 6) is -0.281. The Labute approximate surface area is 219 Å².